The standard InChI is InChI=1S/C26H23ClN4O3/c1-16(2)25(33)30-20-11-4-3-10-19(20)24-26(34)31(22-13-6-5-12-21(22)29-24)15-23(32)28-18-9-7-8-17(27)14-18/h3-14,16H,15H2,1-2H3,(H,28,32)(H,30,33). The van der Waals surface area contributed by atoms with Crippen molar-refractivity contribution in [3.05, 3.63) is 88.2 Å². The Morgan fingerprint density at radius 1 is 0.971 bits per heavy atom. The van der Waals surface area contributed by atoms with Gasteiger partial charge in [-0.1, -0.05) is 61.8 Å². The zero-order valence-corrected chi connectivity index (χ0v) is 19.5. The summed E-state index contributed by atoms with van der Waals surface area (Å²) >= 11 is 6.01. The second kappa shape index (κ2) is 9.89. The van der Waals surface area contributed by atoms with Crippen LogP contribution in [0.5, 0.6) is 0 Å². The lowest BCUT2D eigenvalue weighted by atomic mass is 10.1. The third kappa shape index (κ3) is 5.00. The van der Waals surface area contributed by atoms with Crippen molar-refractivity contribution in [2.45, 2.75) is 20.4 Å². The first-order valence-electron chi connectivity index (χ1n) is 10.8. The van der Waals surface area contributed by atoms with Gasteiger partial charge < -0.3 is 10.6 Å². The number of nitrogens with zero attached hydrogens (tertiary/aromatic N) is 2. The van der Waals surface area contributed by atoms with Crippen molar-refractivity contribution < 1.29 is 9.59 Å². The van der Waals surface area contributed by atoms with Crippen molar-refractivity contribution >= 4 is 45.8 Å². The molecular formula is C26H23ClN4O3. The summed E-state index contributed by atoms with van der Waals surface area (Å²) < 4.78 is 1.39. The average molecular weight is 475 g/mol. The molecule has 34 heavy (non-hydrogen) atoms. The number of carbonyl (C=O) groups is 2. The van der Waals surface area contributed by atoms with Crippen molar-refractivity contribution in [2.24, 2.45) is 5.92 Å². The molecule has 0 atom stereocenters. The molecule has 172 valence electrons. The summed E-state index contributed by atoms with van der Waals surface area (Å²) in [7, 11) is 0. The number of fused-ring (bicyclic) bond motifs is 1. The Hall–Kier alpha value is -3.97. The molecule has 0 saturated heterocycles. The number of anilines is 2. The first kappa shape index (κ1) is 23.2. The second-order valence-electron chi connectivity index (χ2n) is 8.09. The molecule has 0 aliphatic heterocycles. The third-order valence-corrected chi connectivity index (χ3v) is 5.46. The van der Waals surface area contributed by atoms with Crippen LogP contribution < -0.4 is 16.2 Å². The van der Waals surface area contributed by atoms with Crippen LogP contribution in [0.4, 0.5) is 11.4 Å². The van der Waals surface area contributed by atoms with E-state index >= 15 is 0 Å². The summed E-state index contributed by atoms with van der Waals surface area (Å²) in [6.45, 7) is 3.36. The predicted octanol–water partition coefficient (Wildman–Crippen LogP) is 4.95. The van der Waals surface area contributed by atoms with Gasteiger partial charge in [-0.15, -0.1) is 0 Å². The Morgan fingerprint density at radius 3 is 2.47 bits per heavy atom. The summed E-state index contributed by atoms with van der Waals surface area (Å²) in [4.78, 5) is 43.3. The minimum absolute atomic E-state index is 0.147. The highest BCUT2D eigenvalue weighted by molar-refractivity contribution is 6.30. The molecule has 7 nitrogen and oxygen atoms in total. The third-order valence-electron chi connectivity index (χ3n) is 5.23. The summed E-state index contributed by atoms with van der Waals surface area (Å²) in [5.74, 6) is -0.785. The van der Waals surface area contributed by atoms with E-state index in [0.717, 1.165) is 0 Å². The number of halogens is 1. The van der Waals surface area contributed by atoms with Crippen LogP contribution in [0.25, 0.3) is 22.3 Å². The number of amides is 2. The Morgan fingerprint density at radius 2 is 1.71 bits per heavy atom. The topological polar surface area (TPSA) is 93.1 Å². The van der Waals surface area contributed by atoms with Crippen LogP contribution in [0.3, 0.4) is 0 Å². The van der Waals surface area contributed by atoms with Crippen molar-refractivity contribution in [1.29, 1.82) is 0 Å². The number of hydrogen-bond acceptors (Lipinski definition) is 4. The SMILES string of the molecule is CC(C)C(=O)Nc1ccccc1-c1nc2ccccc2n(CC(=O)Nc2cccc(Cl)c2)c1=O. The van der Waals surface area contributed by atoms with E-state index in [2.05, 4.69) is 15.6 Å². The van der Waals surface area contributed by atoms with Crippen molar-refractivity contribution in [1.82, 2.24) is 9.55 Å². The molecule has 0 aliphatic rings. The van der Waals surface area contributed by atoms with E-state index in [1.165, 1.54) is 4.57 Å². The largest absolute Gasteiger partial charge is 0.325 e. The van der Waals surface area contributed by atoms with Gasteiger partial charge in [0.1, 0.15) is 12.2 Å². The van der Waals surface area contributed by atoms with Crippen LogP contribution in [-0.2, 0) is 16.1 Å². The summed E-state index contributed by atoms with van der Waals surface area (Å²) in [5.41, 5.74) is 2.29. The van der Waals surface area contributed by atoms with Gasteiger partial charge in [0, 0.05) is 22.2 Å². The van der Waals surface area contributed by atoms with E-state index in [0.29, 0.717) is 33.0 Å². The van der Waals surface area contributed by atoms with Gasteiger partial charge in [-0.05, 0) is 36.4 Å². The van der Waals surface area contributed by atoms with Crippen LogP contribution in [-0.4, -0.2) is 21.4 Å². The second-order valence-corrected chi connectivity index (χ2v) is 8.52. The fourth-order valence-electron chi connectivity index (χ4n) is 3.51. The molecule has 4 aromatic rings. The fraction of sp³-hybridized carbons (Fsp3) is 0.154. The van der Waals surface area contributed by atoms with Crippen molar-refractivity contribution in [2.75, 3.05) is 10.6 Å². The van der Waals surface area contributed by atoms with Crippen LogP contribution >= 0.6 is 11.6 Å². The van der Waals surface area contributed by atoms with Crippen LogP contribution in [0, 0.1) is 5.92 Å². The van der Waals surface area contributed by atoms with Crippen molar-refractivity contribution in [3.8, 4) is 11.3 Å². The molecular weight excluding hydrogens is 452 g/mol. The van der Waals surface area contributed by atoms with Gasteiger partial charge in [0.05, 0.1) is 16.7 Å². The molecule has 2 N–H and O–H groups in total. The number of aromatic nitrogens is 2. The average Bonchev–Trinajstić information content (AvgIpc) is 2.81. The molecule has 1 aromatic heterocycles. The molecule has 8 heteroatoms. The van der Waals surface area contributed by atoms with E-state index in [-0.39, 0.29) is 30.0 Å². The number of rotatable bonds is 6. The molecule has 2 amide bonds. The fourth-order valence-corrected chi connectivity index (χ4v) is 3.70. The molecule has 0 aliphatic carbocycles. The minimum atomic E-state index is -0.439. The van der Waals surface area contributed by atoms with Gasteiger partial charge in [0.15, 0.2) is 0 Å². The Kier molecular flexibility index (Phi) is 6.75. The Bertz CT molecular complexity index is 1450. The lowest BCUT2D eigenvalue weighted by Crippen LogP contribution is -2.30. The number of hydrogen-bond donors (Lipinski definition) is 2. The minimum Gasteiger partial charge on any atom is -0.325 e. The number of para-hydroxylation sites is 3. The summed E-state index contributed by atoms with van der Waals surface area (Å²) in [5, 5.41) is 6.13. The molecule has 0 saturated carbocycles. The van der Waals surface area contributed by atoms with Crippen LogP contribution in [0.1, 0.15) is 13.8 Å². The molecule has 0 bridgehead atoms. The first-order chi connectivity index (χ1) is 16.3. The van der Waals surface area contributed by atoms with Gasteiger partial charge in [-0.3, -0.25) is 19.0 Å². The van der Waals surface area contributed by atoms with Gasteiger partial charge >= 0.3 is 0 Å². The first-order valence-corrected chi connectivity index (χ1v) is 11.2. The number of benzene rings is 3. The number of nitrogens with one attached hydrogen (secondary N) is 2. The highest BCUT2D eigenvalue weighted by Gasteiger charge is 2.19. The smallest absolute Gasteiger partial charge is 0.278 e. The monoisotopic (exact) mass is 474 g/mol. The highest BCUT2D eigenvalue weighted by atomic mass is 35.5. The molecule has 0 radical (unpaired) electrons. The molecule has 0 unspecified atom stereocenters. The van der Waals surface area contributed by atoms with E-state index < -0.39 is 5.56 Å². The van der Waals surface area contributed by atoms with Gasteiger partial charge in [0.25, 0.3) is 5.56 Å². The maximum atomic E-state index is 13.6. The predicted molar refractivity (Wildman–Crippen MR) is 135 cm³/mol. The maximum absolute atomic E-state index is 13.6. The quantitative estimate of drug-likeness (QED) is 0.413. The lowest BCUT2D eigenvalue weighted by molar-refractivity contribution is -0.119. The molecule has 1 heterocycles. The van der Waals surface area contributed by atoms with Crippen molar-refractivity contribution in [3.63, 3.8) is 0 Å². The Balaban J connectivity index is 1.78. The summed E-state index contributed by atoms with van der Waals surface area (Å²) in [6, 6.07) is 20.9. The molecule has 3 aromatic carbocycles. The maximum Gasteiger partial charge on any atom is 0.278 e. The molecule has 4 rings (SSSR count). The van der Waals surface area contributed by atoms with E-state index in [1.54, 1.807) is 80.6 Å². The lowest BCUT2D eigenvalue weighted by Gasteiger charge is -2.15. The van der Waals surface area contributed by atoms with Crippen LogP contribution in [0.15, 0.2) is 77.6 Å². The summed E-state index contributed by atoms with van der Waals surface area (Å²) in [6.07, 6.45) is 0. The Labute approximate surface area is 201 Å². The number of carbonyl (C=O) groups excluding carboxylic acids is 2. The molecule has 0 fully saturated rings. The van der Waals surface area contributed by atoms with E-state index in [9.17, 15) is 14.4 Å². The molecule has 0 spiro atoms. The van der Waals surface area contributed by atoms with Gasteiger partial charge in [-0.25, -0.2) is 4.98 Å². The van der Waals surface area contributed by atoms with Gasteiger partial charge in [0.2, 0.25) is 11.8 Å². The zero-order chi connectivity index (χ0) is 24.2. The van der Waals surface area contributed by atoms with Gasteiger partial charge in [-0.2, -0.15) is 0 Å². The van der Waals surface area contributed by atoms with E-state index in [4.69, 9.17) is 11.6 Å². The zero-order valence-electron chi connectivity index (χ0n) is 18.7. The van der Waals surface area contributed by atoms with Crippen LogP contribution in [0.2, 0.25) is 5.02 Å². The highest BCUT2D eigenvalue weighted by Crippen LogP contribution is 2.26. The van der Waals surface area contributed by atoms with E-state index in [1.807, 2.05) is 6.07 Å². The normalized spacial score (nSPS) is 10.9.